The van der Waals surface area contributed by atoms with Crippen LogP contribution in [0.1, 0.15) is 38.8 Å². The number of hydrogen-bond donors (Lipinski definition) is 1. The maximum absolute atomic E-state index is 13.6. The van der Waals surface area contributed by atoms with Gasteiger partial charge in [0.2, 0.25) is 0 Å². The molecule has 0 aliphatic carbocycles. The number of nitrogens with one attached hydrogen (secondary N) is 1. The molecule has 1 amide bonds. The Morgan fingerprint density at radius 2 is 1.74 bits per heavy atom. The lowest BCUT2D eigenvalue weighted by Gasteiger charge is -2.36. The highest BCUT2D eigenvalue weighted by atomic mass is 16.6. The number of carbonyl (C=O) groups is 1. The third-order valence-electron chi connectivity index (χ3n) is 6.09. The Kier molecular flexibility index (Phi) is 4.55. The molecule has 0 radical (unpaired) electrons. The molecule has 3 aromatic carbocycles. The molecule has 0 unspecified atom stereocenters. The van der Waals surface area contributed by atoms with E-state index in [1.807, 2.05) is 54.3 Å². The second kappa shape index (κ2) is 7.40. The van der Waals surface area contributed by atoms with Gasteiger partial charge in [-0.1, -0.05) is 36.4 Å². The summed E-state index contributed by atoms with van der Waals surface area (Å²) in [6.07, 6.45) is 0.750. The minimum absolute atomic E-state index is 0.0354. The molecule has 31 heavy (non-hydrogen) atoms. The minimum atomic E-state index is -0.407. The van der Waals surface area contributed by atoms with Crippen LogP contribution in [0.15, 0.2) is 72.8 Å². The van der Waals surface area contributed by atoms with Crippen LogP contribution >= 0.6 is 0 Å². The van der Waals surface area contributed by atoms with Gasteiger partial charge in [0.15, 0.2) is 0 Å². The lowest BCUT2D eigenvalue weighted by Crippen LogP contribution is -2.40. The summed E-state index contributed by atoms with van der Waals surface area (Å²) in [4.78, 5) is 29.7. The van der Waals surface area contributed by atoms with Gasteiger partial charge in [0.1, 0.15) is 0 Å². The summed E-state index contributed by atoms with van der Waals surface area (Å²) in [5.74, 6) is -0.0363. The Balaban J connectivity index is 1.66. The molecule has 5 rings (SSSR count). The van der Waals surface area contributed by atoms with E-state index >= 15 is 0 Å². The number of nitrogens with zero attached hydrogens (tertiary/aromatic N) is 2. The van der Waals surface area contributed by atoms with Crippen LogP contribution in [0.2, 0.25) is 0 Å². The molecule has 154 valence electrons. The third-order valence-corrected chi connectivity index (χ3v) is 6.09. The molecule has 4 aromatic rings. The van der Waals surface area contributed by atoms with E-state index in [2.05, 4.69) is 11.1 Å². The molecule has 0 saturated carbocycles. The number of rotatable bonds is 3. The zero-order chi connectivity index (χ0) is 21.5. The number of aryl methyl sites for hydroxylation is 1. The molecule has 6 nitrogen and oxygen atoms in total. The number of para-hydroxylation sites is 1. The molecule has 0 fully saturated rings. The van der Waals surface area contributed by atoms with Crippen LogP contribution in [0.25, 0.3) is 10.9 Å². The van der Waals surface area contributed by atoms with Crippen LogP contribution in [0.5, 0.6) is 0 Å². The molecule has 1 atom stereocenters. The van der Waals surface area contributed by atoms with Crippen LogP contribution < -0.4 is 0 Å². The van der Waals surface area contributed by atoms with Gasteiger partial charge in [0.05, 0.1) is 11.0 Å². The number of amides is 1. The number of fused-ring (bicyclic) bond motifs is 3. The molecule has 1 aliphatic heterocycles. The fraction of sp³-hybridized carbons (Fsp3) is 0.160. The van der Waals surface area contributed by atoms with Crippen molar-refractivity contribution in [2.24, 2.45) is 0 Å². The summed E-state index contributed by atoms with van der Waals surface area (Å²) in [6, 6.07) is 21.9. The van der Waals surface area contributed by atoms with Crippen LogP contribution in [-0.4, -0.2) is 27.3 Å². The molecular formula is C25H21N3O3. The number of aromatic amines is 1. The number of nitro groups is 1. The van der Waals surface area contributed by atoms with E-state index in [1.54, 1.807) is 12.1 Å². The first-order valence-corrected chi connectivity index (χ1v) is 10.2. The Morgan fingerprint density at radius 1 is 1.03 bits per heavy atom. The molecule has 1 aliphatic rings. The quantitative estimate of drug-likeness (QED) is 0.373. The van der Waals surface area contributed by atoms with E-state index in [4.69, 9.17) is 0 Å². The topological polar surface area (TPSA) is 79.2 Å². The first-order chi connectivity index (χ1) is 15.0. The summed E-state index contributed by atoms with van der Waals surface area (Å²) in [5, 5.41) is 12.3. The fourth-order valence-electron chi connectivity index (χ4n) is 4.55. The molecular weight excluding hydrogens is 390 g/mol. The highest BCUT2D eigenvalue weighted by Gasteiger charge is 2.35. The third kappa shape index (κ3) is 3.17. The van der Waals surface area contributed by atoms with Gasteiger partial charge in [-0.25, -0.2) is 0 Å². The Morgan fingerprint density at radius 3 is 2.48 bits per heavy atom. The second-order valence-electron chi connectivity index (χ2n) is 7.88. The van der Waals surface area contributed by atoms with Crippen molar-refractivity contribution in [2.45, 2.75) is 19.4 Å². The van der Waals surface area contributed by atoms with Gasteiger partial charge in [-0.2, -0.15) is 0 Å². The Hall–Kier alpha value is -3.93. The predicted molar refractivity (Wildman–Crippen MR) is 119 cm³/mol. The number of benzene rings is 3. The molecule has 0 bridgehead atoms. The number of hydrogen-bond acceptors (Lipinski definition) is 3. The SMILES string of the molecule is Cc1ccccc1C(=O)N1CCc2c([nH]c3ccccc23)[C@H]1c1ccc([N+](=O)[O-])cc1. The van der Waals surface area contributed by atoms with Gasteiger partial charge in [-0.15, -0.1) is 0 Å². The number of non-ortho nitro benzene ring substituents is 1. The largest absolute Gasteiger partial charge is 0.356 e. The van der Waals surface area contributed by atoms with Crippen molar-refractivity contribution in [3.8, 4) is 0 Å². The first-order valence-electron chi connectivity index (χ1n) is 10.2. The van der Waals surface area contributed by atoms with Gasteiger partial charge in [-0.3, -0.25) is 14.9 Å². The number of nitro benzene ring substituents is 1. The highest BCUT2D eigenvalue weighted by molar-refractivity contribution is 5.97. The smallest absolute Gasteiger partial charge is 0.269 e. The number of carbonyl (C=O) groups excluding carboxylic acids is 1. The monoisotopic (exact) mass is 411 g/mol. The van der Waals surface area contributed by atoms with Crippen LogP contribution in [0, 0.1) is 17.0 Å². The summed E-state index contributed by atoms with van der Waals surface area (Å²) in [5.41, 5.74) is 5.69. The summed E-state index contributed by atoms with van der Waals surface area (Å²) in [6.45, 7) is 2.51. The zero-order valence-corrected chi connectivity index (χ0v) is 17.0. The van der Waals surface area contributed by atoms with Crippen molar-refractivity contribution < 1.29 is 9.72 Å². The lowest BCUT2D eigenvalue weighted by molar-refractivity contribution is -0.384. The van der Waals surface area contributed by atoms with Crippen LogP contribution in [-0.2, 0) is 6.42 Å². The molecule has 1 aromatic heterocycles. The van der Waals surface area contributed by atoms with E-state index in [9.17, 15) is 14.9 Å². The standard InChI is InChI=1S/C25H21N3O3/c1-16-6-2-3-7-19(16)25(29)27-15-14-21-20-8-4-5-9-22(20)26-23(21)24(27)17-10-12-18(13-11-17)28(30)31/h2-13,24,26H,14-15H2,1H3/t24-/m1/s1. The molecule has 0 spiro atoms. The van der Waals surface area contributed by atoms with Crippen molar-refractivity contribution in [1.82, 2.24) is 9.88 Å². The van der Waals surface area contributed by atoms with E-state index < -0.39 is 4.92 Å². The molecule has 0 saturated heterocycles. The molecule has 6 heteroatoms. The Labute approximate surface area is 179 Å². The van der Waals surface area contributed by atoms with Crippen LogP contribution in [0.3, 0.4) is 0 Å². The van der Waals surface area contributed by atoms with E-state index in [1.165, 1.54) is 17.7 Å². The molecule has 2 heterocycles. The Bertz CT molecular complexity index is 1310. The average Bonchev–Trinajstić information content (AvgIpc) is 3.17. The van der Waals surface area contributed by atoms with Gasteiger partial charge in [0.25, 0.3) is 11.6 Å². The summed E-state index contributed by atoms with van der Waals surface area (Å²) >= 11 is 0. The molecule has 1 N–H and O–H groups in total. The lowest BCUT2D eigenvalue weighted by atomic mass is 9.91. The maximum Gasteiger partial charge on any atom is 0.269 e. The van der Waals surface area contributed by atoms with Crippen molar-refractivity contribution in [3.05, 3.63) is 111 Å². The number of H-pyrrole nitrogens is 1. The normalized spacial score (nSPS) is 15.6. The summed E-state index contributed by atoms with van der Waals surface area (Å²) < 4.78 is 0. The first kappa shape index (κ1) is 19.1. The summed E-state index contributed by atoms with van der Waals surface area (Å²) in [7, 11) is 0. The predicted octanol–water partition coefficient (Wildman–Crippen LogP) is 5.17. The maximum atomic E-state index is 13.6. The second-order valence-corrected chi connectivity index (χ2v) is 7.88. The van der Waals surface area contributed by atoms with E-state index in [0.717, 1.165) is 34.1 Å². The minimum Gasteiger partial charge on any atom is -0.356 e. The van der Waals surface area contributed by atoms with Crippen molar-refractivity contribution in [2.75, 3.05) is 6.54 Å². The van der Waals surface area contributed by atoms with Gasteiger partial charge in [0, 0.05) is 40.8 Å². The van der Waals surface area contributed by atoms with Gasteiger partial charge < -0.3 is 9.88 Å². The van der Waals surface area contributed by atoms with Gasteiger partial charge in [-0.05, 0) is 54.3 Å². The van der Waals surface area contributed by atoms with E-state index in [-0.39, 0.29) is 17.6 Å². The van der Waals surface area contributed by atoms with Crippen molar-refractivity contribution in [1.29, 1.82) is 0 Å². The zero-order valence-electron chi connectivity index (χ0n) is 17.0. The van der Waals surface area contributed by atoms with Gasteiger partial charge >= 0.3 is 0 Å². The van der Waals surface area contributed by atoms with Crippen LogP contribution in [0.4, 0.5) is 5.69 Å². The average molecular weight is 411 g/mol. The van der Waals surface area contributed by atoms with E-state index in [0.29, 0.717) is 12.1 Å². The van der Waals surface area contributed by atoms with Crippen molar-refractivity contribution in [3.63, 3.8) is 0 Å². The number of aromatic nitrogens is 1. The van der Waals surface area contributed by atoms with Crippen molar-refractivity contribution >= 4 is 22.5 Å². The fourth-order valence-corrected chi connectivity index (χ4v) is 4.55. The highest BCUT2D eigenvalue weighted by Crippen LogP contribution is 2.39.